The number of fused-ring (bicyclic) bond motifs is 2. The lowest BCUT2D eigenvalue weighted by molar-refractivity contribution is 0.0734. The third-order valence-corrected chi connectivity index (χ3v) is 10.2. The number of nitrogens with zero attached hydrogens (tertiary/aromatic N) is 4. The summed E-state index contributed by atoms with van der Waals surface area (Å²) in [4.78, 5) is 18.2. The zero-order valence-electron chi connectivity index (χ0n) is 22.8. The zero-order chi connectivity index (χ0) is 30.4. The first-order chi connectivity index (χ1) is 20.6. The average molecular weight is 611 g/mol. The first-order valence-electron chi connectivity index (χ1n) is 13.7. The van der Waals surface area contributed by atoms with Crippen molar-refractivity contribution in [1.82, 2.24) is 19.1 Å². The Morgan fingerprint density at radius 3 is 2.37 bits per heavy atom. The number of alkyl halides is 1. The number of benzene rings is 2. The molecule has 0 N–H and O–H groups in total. The van der Waals surface area contributed by atoms with Crippen molar-refractivity contribution in [3.05, 3.63) is 113 Å². The molecular formula is C31H26F4N4O3S. The topological polar surface area (TPSA) is 85.2 Å². The third kappa shape index (κ3) is 5.18. The van der Waals surface area contributed by atoms with Crippen LogP contribution in [0.4, 0.5) is 17.6 Å². The van der Waals surface area contributed by atoms with E-state index in [0.29, 0.717) is 22.5 Å². The normalized spacial score (nSPS) is 19.9. The number of allylic oxidation sites excluding steroid dienone is 1. The number of halogens is 4. The van der Waals surface area contributed by atoms with Crippen LogP contribution in [0.1, 0.15) is 41.0 Å². The summed E-state index contributed by atoms with van der Waals surface area (Å²) in [6.45, 7) is -1.43. The Hall–Kier alpha value is -4.16. The lowest BCUT2D eigenvalue weighted by Gasteiger charge is -2.46. The second-order valence-electron chi connectivity index (χ2n) is 10.7. The molecule has 6 rings (SSSR count). The van der Waals surface area contributed by atoms with Crippen LogP contribution in [-0.2, 0) is 16.4 Å². The Balaban J connectivity index is 1.44. The summed E-state index contributed by atoms with van der Waals surface area (Å²) in [5.41, 5.74) is 1.24. The van der Waals surface area contributed by atoms with Gasteiger partial charge in [-0.05, 0) is 91.9 Å². The lowest BCUT2D eigenvalue weighted by Crippen LogP contribution is -2.51. The van der Waals surface area contributed by atoms with Crippen molar-refractivity contribution in [3.63, 3.8) is 0 Å². The lowest BCUT2D eigenvalue weighted by atomic mass is 9.60. The molecule has 0 saturated heterocycles. The molecule has 12 heteroatoms. The summed E-state index contributed by atoms with van der Waals surface area (Å²) in [6.07, 6.45) is 5.27. The van der Waals surface area contributed by atoms with Gasteiger partial charge in [0.15, 0.2) is 5.78 Å². The van der Waals surface area contributed by atoms with E-state index in [1.807, 2.05) is 6.08 Å². The fraction of sp³-hybridized carbons (Fsp3) is 0.258. The van der Waals surface area contributed by atoms with Crippen LogP contribution in [0.5, 0.6) is 0 Å². The van der Waals surface area contributed by atoms with Gasteiger partial charge in [-0.15, -0.1) is 0 Å². The molecular weight excluding hydrogens is 584 g/mol. The maximum absolute atomic E-state index is 14.3. The van der Waals surface area contributed by atoms with Gasteiger partial charge in [0.2, 0.25) is 10.0 Å². The highest BCUT2D eigenvalue weighted by molar-refractivity contribution is 7.89. The molecule has 43 heavy (non-hydrogen) atoms. The number of hydrogen-bond donors (Lipinski definition) is 0. The number of ketones is 1. The highest BCUT2D eigenvalue weighted by atomic mass is 32.2. The predicted molar refractivity (Wildman–Crippen MR) is 150 cm³/mol. The van der Waals surface area contributed by atoms with Crippen molar-refractivity contribution in [2.75, 3.05) is 13.2 Å². The van der Waals surface area contributed by atoms with Gasteiger partial charge in [-0.3, -0.25) is 9.78 Å². The molecule has 2 aliphatic carbocycles. The van der Waals surface area contributed by atoms with E-state index >= 15 is 0 Å². The number of aromatic nitrogens is 3. The molecule has 2 aromatic heterocycles. The monoisotopic (exact) mass is 610 g/mol. The molecule has 2 aromatic carbocycles. The van der Waals surface area contributed by atoms with Crippen LogP contribution in [0.25, 0.3) is 11.8 Å². The Bertz CT molecular complexity index is 1820. The van der Waals surface area contributed by atoms with Crippen molar-refractivity contribution >= 4 is 21.9 Å². The maximum atomic E-state index is 14.3. The van der Waals surface area contributed by atoms with Crippen LogP contribution in [-0.4, -0.2) is 52.5 Å². The molecule has 0 unspecified atom stereocenters. The molecule has 2 atom stereocenters. The van der Waals surface area contributed by atoms with E-state index in [9.17, 15) is 30.8 Å². The molecule has 4 aromatic rings. The van der Waals surface area contributed by atoms with E-state index in [-0.39, 0.29) is 36.3 Å². The fourth-order valence-electron chi connectivity index (χ4n) is 6.22. The number of carbonyl (C=O) groups excluding carboxylic acids is 1. The summed E-state index contributed by atoms with van der Waals surface area (Å²) in [5.74, 6) is -2.15. The van der Waals surface area contributed by atoms with Crippen LogP contribution in [0.2, 0.25) is 0 Å². The molecule has 0 bridgehead atoms. The number of sulfonamides is 1. The van der Waals surface area contributed by atoms with Gasteiger partial charge in [0, 0.05) is 24.8 Å². The molecule has 1 saturated carbocycles. The minimum absolute atomic E-state index is 0.0164. The number of hydrogen-bond acceptors (Lipinski definition) is 5. The van der Waals surface area contributed by atoms with E-state index in [0.717, 1.165) is 40.7 Å². The molecule has 0 radical (unpaired) electrons. The summed E-state index contributed by atoms with van der Waals surface area (Å²) >= 11 is 0. The Labute approximate surface area is 245 Å². The molecule has 0 amide bonds. The minimum atomic E-state index is -4.26. The summed E-state index contributed by atoms with van der Waals surface area (Å²) in [7, 11) is -4.26. The van der Waals surface area contributed by atoms with E-state index in [4.69, 9.17) is 0 Å². The SMILES string of the molecule is O=C(c1cc(F)ccn1)[C@]12Cc3cnn(-c4ccc(F)cc4)c3C=C1CC[C@H](N(CCF)S(=O)(=O)c1ccc(F)cc1)C2. The van der Waals surface area contributed by atoms with Crippen molar-refractivity contribution in [2.45, 2.75) is 36.6 Å². The summed E-state index contributed by atoms with van der Waals surface area (Å²) in [6, 6.07) is 11.4. The van der Waals surface area contributed by atoms with Gasteiger partial charge in [-0.2, -0.15) is 9.40 Å². The van der Waals surface area contributed by atoms with Crippen molar-refractivity contribution in [2.24, 2.45) is 5.41 Å². The zero-order valence-corrected chi connectivity index (χ0v) is 23.6. The van der Waals surface area contributed by atoms with Crippen LogP contribution in [0, 0.1) is 22.9 Å². The van der Waals surface area contributed by atoms with Gasteiger partial charge >= 0.3 is 0 Å². The molecule has 2 heterocycles. The average Bonchev–Trinajstić information content (AvgIpc) is 3.40. The maximum Gasteiger partial charge on any atom is 0.243 e. The number of Topliss-reactive ketones (excluding diaryl/α,β-unsaturated/α-hetero) is 1. The number of carbonyl (C=O) groups is 1. The van der Waals surface area contributed by atoms with Gasteiger partial charge in [-0.25, -0.2) is 30.7 Å². The van der Waals surface area contributed by atoms with Gasteiger partial charge in [0.05, 0.1) is 27.9 Å². The molecule has 1 fully saturated rings. The van der Waals surface area contributed by atoms with Crippen LogP contribution in [0.3, 0.4) is 0 Å². The van der Waals surface area contributed by atoms with Crippen LogP contribution in [0.15, 0.2) is 83.5 Å². The summed E-state index contributed by atoms with van der Waals surface area (Å²) in [5, 5.41) is 4.48. The van der Waals surface area contributed by atoms with E-state index in [2.05, 4.69) is 10.1 Å². The molecule has 222 valence electrons. The van der Waals surface area contributed by atoms with E-state index in [1.165, 1.54) is 18.3 Å². The van der Waals surface area contributed by atoms with Gasteiger partial charge in [0.1, 0.15) is 29.8 Å². The van der Waals surface area contributed by atoms with Gasteiger partial charge in [-0.1, -0.05) is 5.57 Å². The van der Waals surface area contributed by atoms with Crippen LogP contribution >= 0.6 is 0 Å². The summed E-state index contributed by atoms with van der Waals surface area (Å²) < 4.78 is 85.3. The molecule has 0 spiro atoms. The van der Waals surface area contributed by atoms with E-state index in [1.54, 1.807) is 23.0 Å². The smallest absolute Gasteiger partial charge is 0.243 e. The molecule has 2 aliphatic rings. The number of pyridine rings is 1. The van der Waals surface area contributed by atoms with Gasteiger partial charge < -0.3 is 0 Å². The highest BCUT2D eigenvalue weighted by Crippen LogP contribution is 2.51. The molecule has 0 aliphatic heterocycles. The van der Waals surface area contributed by atoms with Crippen molar-refractivity contribution < 1.29 is 30.8 Å². The fourth-order valence-corrected chi connectivity index (χ4v) is 7.85. The molecule has 7 nitrogen and oxygen atoms in total. The largest absolute Gasteiger partial charge is 0.291 e. The predicted octanol–water partition coefficient (Wildman–Crippen LogP) is 5.71. The first kappa shape index (κ1) is 28.9. The Morgan fingerprint density at radius 1 is 1.00 bits per heavy atom. The standard InChI is InChI=1S/C31H26F4N4O3S/c32-12-14-38(43(41,42)27-9-4-23(34)5-10-27)26-6-1-21-15-29-20(19-37-39(29)25-7-2-22(33)3-8-25)17-31(21,18-26)30(40)28-16-24(35)11-13-36-28/h2-5,7-11,13,15-16,19,26H,1,6,12,14,17-18H2/t26-,31-/m0/s1. The van der Waals surface area contributed by atoms with Crippen molar-refractivity contribution in [1.29, 1.82) is 0 Å². The minimum Gasteiger partial charge on any atom is -0.291 e. The quantitative estimate of drug-likeness (QED) is 0.189. The van der Waals surface area contributed by atoms with E-state index < -0.39 is 57.9 Å². The Morgan fingerprint density at radius 2 is 1.70 bits per heavy atom. The Kier molecular flexibility index (Phi) is 7.51. The third-order valence-electron chi connectivity index (χ3n) is 8.23. The second-order valence-corrected chi connectivity index (χ2v) is 12.6. The first-order valence-corrected chi connectivity index (χ1v) is 15.1. The second kappa shape index (κ2) is 11.2. The van der Waals surface area contributed by atoms with Gasteiger partial charge in [0.25, 0.3) is 0 Å². The number of rotatable bonds is 8. The van der Waals surface area contributed by atoms with Crippen molar-refractivity contribution in [3.8, 4) is 5.69 Å². The van der Waals surface area contributed by atoms with Crippen LogP contribution < -0.4 is 0 Å². The highest BCUT2D eigenvalue weighted by Gasteiger charge is 2.51.